The number of carbonyl (C=O) groups is 1. The van der Waals surface area contributed by atoms with Gasteiger partial charge in [0.2, 0.25) is 0 Å². The van der Waals surface area contributed by atoms with E-state index in [1.54, 1.807) is 0 Å². The van der Waals surface area contributed by atoms with Gasteiger partial charge in [0.15, 0.2) is 0 Å². The van der Waals surface area contributed by atoms with E-state index < -0.39 is 0 Å². The maximum Gasteiger partial charge on any atom is 0.308 e. The number of hydrogen-bond donors (Lipinski definition) is 0. The third kappa shape index (κ3) is 19.2. The fourth-order valence-corrected chi connectivity index (χ4v) is 2.35. The monoisotopic (exact) mass is 456 g/mol. The molecule has 0 spiro atoms. The molecule has 1 aromatic rings. The summed E-state index contributed by atoms with van der Waals surface area (Å²) in [6, 6.07) is 10.1. The van der Waals surface area contributed by atoms with Gasteiger partial charge in [0.1, 0.15) is 0 Å². The molecule has 8 nitrogen and oxygen atoms in total. The average molecular weight is 457 g/mol. The van der Waals surface area contributed by atoms with Crippen molar-refractivity contribution in [3.05, 3.63) is 35.9 Å². The third-order valence-electron chi connectivity index (χ3n) is 4.00. The lowest BCUT2D eigenvalue weighted by molar-refractivity contribution is -0.146. The molecule has 1 aromatic carbocycles. The number of ether oxygens (including phenoxy) is 7. The second kappa shape index (κ2) is 21.3. The predicted octanol–water partition coefficient (Wildman–Crippen LogP) is 2.88. The fourth-order valence-electron chi connectivity index (χ4n) is 2.35. The van der Waals surface area contributed by atoms with Crippen LogP contribution in [0.25, 0.3) is 0 Å². The quantitative estimate of drug-likeness (QED) is 0.195. The summed E-state index contributed by atoms with van der Waals surface area (Å²) in [5.74, 6) is 0.117. The summed E-state index contributed by atoms with van der Waals surface area (Å²) in [5.41, 5.74) is 1.16. The summed E-state index contributed by atoms with van der Waals surface area (Å²) < 4.78 is 37.7. The van der Waals surface area contributed by atoms with Gasteiger partial charge in [-0.3, -0.25) is 4.79 Å². The summed E-state index contributed by atoms with van der Waals surface area (Å²) in [5, 5.41) is 0. The number of esters is 1. The van der Waals surface area contributed by atoms with E-state index in [1.165, 1.54) is 0 Å². The van der Waals surface area contributed by atoms with Crippen molar-refractivity contribution in [2.45, 2.75) is 26.9 Å². The van der Waals surface area contributed by atoms with Crippen LogP contribution in [-0.4, -0.2) is 85.3 Å². The molecule has 0 aliphatic carbocycles. The van der Waals surface area contributed by atoms with Crippen molar-refractivity contribution < 1.29 is 38.0 Å². The first kappa shape index (κ1) is 28.5. The molecule has 0 radical (unpaired) electrons. The summed E-state index contributed by atoms with van der Waals surface area (Å²) in [6.45, 7) is 10.5. The van der Waals surface area contributed by atoms with E-state index in [4.69, 9.17) is 33.2 Å². The van der Waals surface area contributed by atoms with E-state index >= 15 is 0 Å². The SMILES string of the molecule is CC(C)COC(=O)CCOCCOCCOCCOCCOCCOCc1ccccc1. The van der Waals surface area contributed by atoms with Crippen LogP contribution in [0.3, 0.4) is 0 Å². The van der Waals surface area contributed by atoms with Crippen LogP contribution >= 0.6 is 0 Å². The highest BCUT2D eigenvalue weighted by atomic mass is 16.6. The highest BCUT2D eigenvalue weighted by Gasteiger charge is 2.04. The lowest BCUT2D eigenvalue weighted by atomic mass is 10.2. The van der Waals surface area contributed by atoms with E-state index in [0.717, 1.165) is 5.56 Å². The Morgan fingerprint density at radius 1 is 0.656 bits per heavy atom. The summed E-state index contributed by atoms with van der Waals surface area (Å²) in [4.78, 5) is 11.4. The van der Waals surface area contributed by atoms with Crippen LogP contribution in [0.15, 0.2) is 30.3 Å². The highest BCUT2D eigenvalue weighted by Crippen LogP contribution is 2.00. The maximum absolute atomic E-state index is 11.4. The molecule has 1 rings (SSSR count). The summed E-state index contributed by atoms with van der Waals surface area (Å²) in [7, 11) is 0. The molecule has 0 atom stereocenters. The largest absolute Gasteiger partial charge is 0.465 e. The van der Waals surface area contributed by atoms with Crippen molar-refractivity contribution in [2.24, 2.45) is 5.92 Å². The second-order valence-electron chi connectivity index (χ2n) is 7.43. The van der Waals surface area contributed by atoms with Crippen LogP contribution in [-0.2, 0) is 44.6 Å². The second-order valence-corrected chi connectivity index (χ2v) is 7.43. The Labute approximate surface area is 192 Å². The zero-order valence-electron chi connectivity index (χ0n) is 19.6. The third-order valence-corrected chi connectivity index (χ3v) is 4.00. The van der Waals surface area contributed by atoms with Crippen LogP contribution in [0.1, 0.15) is 25.8 Å². The zero-order valence-corrected chi connectivity index (χ0v) is 19.6. The van der Waals surface area contributed by atoms with Crippen molar-refractivity contribution in [1.82, 2.24) is 0 Å². The van der Waals surface area contributed by atoms with Gasteiger partial charge in [-0.05, 0) is 11.5 Å². The van der Waals surface area contributed by atoms with Crippen LogP contribution in [0.4, 0.5) is 0 Å². The van der Waals surface area contributed by atoms with Gasteiger partial charge >= 0.3 is 5.97 Å². The Kier molecular flexibility index (Phi) is 19.0. The molecular weight excluding hydrogens is 416 g/mol. The van der Waals surface area contributed by atoms with Gasteiger partial charge in [-0.25, -0.2) is 0 Å². The predicted molar refractivity (Wildman–Crippen MR) is 121 cm³/mol. The number of carbonyl (C=O) groups excluding carboxylic acids is 1. The molecule has 0 fully saturated rings. The van der Waals surface area contributed by atoms with Crippen molar-refractivity contribution >= 4 is 5.97 Å². The minimum atomic E-state index is -0.227. The molecule has 0 aromatic heterocycles. The van der Waals surface area contributed by atoms with Gasteiger partial charge in [-0.2, -0.15) is 0 Å². The Bertz CT molecular complexity index is 538. The van der Waals surface area contributed by atoms with E-state index in [0.29, 0.717) is 91.8 Å². The topological polar surface area (TPSA) is 81.7 Å². The number of benzene rings is 1. The molecule has 0 saturated carbocycles. The minimum absolute atomic E-state index is 0.227. The molecule has 0 saturated heterocycles. The molecule has 8 heteroatoms. The fraction of sp³-hybridized carbons (Fsp3) is 0.708. The van der Waals surface area contributed by atoms with Crippen LogP contribution in [0.5, 0.6) is 0 Å². The van der Waals surface area contributed by atoms with Gasteiger partial charge in [0, 0.05) is 0 Å². The first-order chi connectivity index (χ1) is 15.7. The number of rotatable bonds is 22. The Morgan fingerprint density at radius 3 is 1.56 bits per heavy atom. The first-order valence-electron chi connectivity index (χ1n) is 11.3. The van der Waals surface area contributed by atoms with Crippen molar-refractivity contribution in [2.75, 3.05) is 79.3 Å². The van der Waals surface area contributed by atoms with Gasteiger partial charge in [0.25, 0.3) is 0 Å². The van der Waals surface area contributed by atoms with Crippen molar-refractivity contribution in [1.29, 1.82) is 0 Å². The Hall–Kier alpha value is -1.55. The first-order valence-corrected chi connectivity index (χ1v) is 11.3. The van der Waals surface area contributed by atoms with E-state index in [2.05, 4.69) is 0 Å². The summed E-state index contributed by atoms with van der Waals surface area (Å²) in [6.07, 6.45) is 0.267. The highest BCUT2D eigenvalue weighted by molar-refractivity contribution is 5.69. The molecule has 0 heterocycles. The van der Waals surface area contributed by atoms with Crippen LogP contribution < -0.4 is 0 Å². The van der Waals surface area contributed by atoms with Crippen molar-refractivity contribution in [3.8, 4) is 0 Å². The Morgan fingerprint density at radius 2 is 1.09 bits per heavy atom. The molecule has 0 bridgehead atoms. The smallest absolute Gasteiger partial charge is 0.308 e. The molecule has 0 unspecified atom stereocenters. The van der Waals surface area contributed by atoms with E-state index in [-0.39, 0.29) is 12.4 Å². The lowest BCUT2D eigenvalue weighted by Gasteiger charge is -2.09. The number of hydrogen-bond acceptors (Lipinski definition) is 8. The standard InChI is InChI=1S/C24H40O8/c1-22(2)20-32-24(25)8-9-26-10-11-27-12-13-28-14-15-29-16-17-30-18-19-31-21-23-6-4-3-5-7-23/h3-7,22H,8-21H2,1-2H3. The molecule has 184 valence electrons. The molecule has 0 aliphatic rings. The molecule has 32 heavy (non-hydrogen) atoms. The normalized spacial score (nSPS) is 11.2. The lowest BCUT2D eigenvalue weighted by Crippen LogP contribution is -2.15. The minimum Gasteiger partial charge on any atom is -0.465 e. The van der Waals surface area contributed by atoms with Gasteiger partial charge in [-0.1, -0.05) is 44.2 Å². The van der Waals surface area contributed by atoms with Crippen LogP contribution in [0.2, 0.25) is 0 Å². The van der Waals surface area contributed by atoms with Gasteiger partial charge in [0.05, 0.1) is 92.3 Å². The maximum atomic E-state index is 11.4. The molecule has 0 aliphatic heterocycles. The van der Waals surface area contributed by atoms with Gasteiger partial charge < -0.3 is 33.2 Å². The summed E-state index contributed by atoms with van der Waals surface area (Å²) >= 11 is 0. The van der Waals surface area contributed by atoms with E-state index in [9.17, 15) is 4.79 Å². The zero-order chi connectivity index (χ0) is 23.1. The van der Waals surface area contributed by atoms with Crippen LogP contribution in [0, 0.1) is 5.92 Å². The van der Waals surface area contributed by atoms with Crippen molar-refractivity contribution in [3.63, 3.8) is 0 Å². The average Bonchev–Trinajstić information content (AvgIpc) is 2.80. The van der Waals surface area contributed by atoms with Gasteiger partial charge in [-0.15, -0.1) is 0 Å². The molecule has 0 N–H and O–H groups in total. The van der Waals surface area contributed by atoms with E-state index in [1.807, 2.05) is 44.2 Å². The Balaban J connectivity index is 1.69. The molecule has 0 amide bonds. The molecular formula is C24H40O8.